The fourth-order valence-corrected chi connectivity index (χ4v) is 3.94. The molecule has 0 aliphatic heterocycles. The van der Waals surface area contributed by atoms with Crippen LogP contribution in [0.5, 0.6) is 0 Å². The van der Waals surface area contributed by atoms with Crippen molar-refractivity contribution in [2.24, 2.45) is 5.92 Å². The molecule has 1 saturated carbocycles. The van der Waals surface area contributed by atoms with Crippen molar-refractivity contribution in [3.05, 3.63) is 0 Å². The first-order chi connectivity index (χ1) is 8.89. The Hall–Kier alpha value is -0.620. The molecule has 118 valence electrons. The molecule has 20 heavy (non-hydrogen) atoms. The van der Waals surface area contributed by atoms with Gasteiger partial charge in [0.2, 0.25) is 0 Å². The average Bonchev–Trinajstić information content (AvgIpc) is 2.16. The number of carbonyl (C=O) groups is 1. The van der Waals surface area contributed by atoms with Gasteiger partial charge in [-0.3, -0.25) is 4.79 Å². The summed E-state index contributed by atoms with van der Waals surface area (Å²) in [5, 5.41) is 10.2. The van der Waals surface area contributed by atoms with Crippen molar-refractivity contribution in [3.63, 3.8) is 0 Å². The van der Waals surface area contributed by atoms with E-state index in [-0.39, 0.29) is 17.6 Å². The van der Waals surface area contributed by atoms with Gasteiger partial charge in [-0.15, -0.1) is 0 Å². The van der Waals surface area contributed by atoms with Gasteiger partial charge in [0.1, 0.15) is 15.4 Å². The third kappa shape index (κ3) is 6.70. The summed E-state index contributed by atoms with van der Waals surface area (Å²) in [6.07, 6.45) is 3.64. The minimum atomic E-state index is -3.19. The van der Waals surface area contributed by atoms with Crippen LogP contribution in [-0.4, -0.2) is 42.7 Å². The molecule has 0 aromatic heterocycles. The molecule has 0 aromatic rings. The van der Waals surface area contributed by atoms with E-state index in [0.29, 0.717) is 32.1 Å². The average molecular weight is 306 g/mol. The minimum absolute atomic E-state index is 0.171. The molecule has 0 amide bonds. The second-order valence-corrected chi connectivity index (χ2v) is 9.17. The van der Waals surface area contributed by atoms with Crippen molar-refractivity contribution in [2.45, 2.75) is 64.1 Å². The lowest BCUT2D eigenvalue weighted by molar-refractivity contribution is -0.156. The minimum Gasteiger partial charge on any atom is -0.460 e. The van der Waals surface area contributed by atoms with Gasteiger partial charge in [0.15, 0.2) is 0 Å². The van der Waals surface area contributed by atoms with Crippen molar-refractivity contribution in [2.75, 3.05) is 12.0 Å². The number of ether oxygens (including phenoxy) is 1. The Bertz CT molecular complexity index is 439. The fraction of sp³-hybridized carbons (Fsp3) is 0.929. The SMILES string of the molecule is CC(C)(C)OC(=O)CC1CCC(O)(CS(C)(=O)=O)CC1. The number of hydrogen-bond donors (Lipinski definition) is 1. The zero-order chi connectivity index (χ0) is 15.6. The number of aliphatic hydroxyl groups is 1. The molecule has 0 unspecified atom stereocenters. The van der Waals surface area contributed by atoms with Crippen molar-refractivity contribution in [1.82, 2.24) is 0 Å². The van der Waals surface area contributed by atoms with Gasteiger partial charge in [-0.25, -0.2) is 8.42 Å². The zero-order valence-corrected chi connectivity index (χ0v) is 13.6. The van der Waals surface area contributed by atoms with Crippen LogP contribution < -0.4 is 0 Å². The smallest absolute Gasteiger partial charge is 0.306 e. The molecule has 1 N–H and O–H groups in total. The van der Waals surface area contributed by atoms with Gasteiger partial charge in [-0.2, -0.15) is 0 Å². The van der Waals surface area contributed by atoms with Crippen molar-refractivity contribution < 1.29 is 23.1 Å². The Balaban J connectivity index is 2.45. The van der Waals surface area contributed by atoms with Crippen LogP contribution in [0.2, 0.25) is 0 Å². The predicted octanol–water partition coefficient (Wildman–Crippen LogP) is 1.68. The molecule has 1 fully saturated rings. The van der Waals surface area contributed by atoms with E-state index in [1.807, 2.05) is 20.8 Å². The summed E-state index contributed by atoms with van der Waals surface area (Å²) in [6, 6.07) is 0. The molecular formula is C14H26O5S. The lowest BCUT2D eigenvalue weighted by atomic mass is 9.78. The van der Waals surface area contributed by atoms with Crippen LogP contribution in [0.4, 0.5) is 0 Å². The molecular weight excluding hydrogens is 280 g/mol. The van der Waals surface area contributed by atoms with E-state index in [9.17, 15) is 18.3 Å². The predicted molar refractivity (Wildman–Crippen MR) is 77.1 cm³/mol. The molecule has 5 nitrogen and oxygen atoms in total. The van der Waals surface area contributed by atoms with Crippen LogP contribution in [0, 0.1) is 5.92 Å². The normalized spacial score (nSPS) is 28.1. The number of hydrogen-bond acceptors (Lipinski definition) is 5. The second-order valence-electron chi connectivity index (χ2n) is 7.03. The maximum Gasteiger partial charge on any atom is 0.306 e. The molecule has 6 heteroatoms. The number of rotatable bonds is 4. The third-order valence-electron chi connectivity index (χ3n) is 3.44. The highest BCUT2D eigenvalue weighted by atomic mass is 32.2. The summed E-state index contributed by atoms with van der Waals surface area (Å²) in [4.78, 5) is 11.7. The van der Waals surface area contributed by atoms with Crippen LogP contribution in [0.25, 0.3) is 0 Å². The molecule has 0 atom stereocenters. The largest absolute Gasteiger partial charge is 0.460 e. The van der Waals surface area contributed by atoms with E-state index in [1.54, 1.807) is 0 Å². The summed E-state index contributed by atoms with van der Waals surface area (Å²) in [6.45, 7) is 5.49. The van der Waals surface area contributed by atoms with Gasteiger partial charge in [-0.1, -0.05) is 0 Å². The number of carbonyl (C=O) groups excluding carboxylic acids is 1. The Morgan fingerprint density at radius 1 is 1.30 bits per heavy atom. The number of sulfone groups is 1. The lowest BCUT2D eigenvalue weighted by Crippen LogP contribution is -2.41. The lowest BCUT2D eigenvalue weighted by Gasteiger charge is -2.35. The van der Waals surface area contributed by atoms with Crippen LogP contribution >= 0.6 is 0 Å². The summed E-state index contributed by atoms with van der Waals surface area (Å²) in [7, 11) is -3.19. The van der Waals surface area contributed by atoms with Gasteiger partial charge in [0, 0.05) is 12.7 Å². The first-order valence-electron chi connectivity index (χ1n) is 7.01. The Kier molecular flexibility index (Phi) is 5.24. The van der Waals surface area contributed by atoms with Gasteiger partial charge in [-0.05, 0) is 52.4 Å². The summed E-state index contributed by atoms with van der Waals surface area (Å²) in [5.74, 6) is -0.250. The zero-order valence-electron chi connectivity index (χ0n) is 12.8. The van der Waals surface area contributed by atoms with Gasteiger partial charge < -0.3 is 9.84 Å². The monoisotopic (exact) mass is 306 g/mol. The maximum absolute atomic E-state index is 11.7. The van der Waals surface area contributed by atoms with Gasteiger partial charge in [0.05, 0.1) is 11.4 Å². The molecule has 1 rings (SSSR count). The molecule has 0 saturated heterocycles. The molecule has 0 radical (unpaired) electrons. The van der Waals surface area contributed by atoms with Crippen molar-refractivity contribution in [1.29, 1.82) is 0 Å². The van der Waals surface area contributed by atoms with Crippen LogP contribution in [0.1, 0.15) is 52.9 Å². The third-order valence-corrected chi connectivity index (χ3v) is 4.50. The van der Waals surface area contributed by atoms with Crippen molar-refractivity contribution in [3.8, 4) is 0 Å². The van der Waals surface area contributed by atoms with E-state index in [0.717, 1.165) is 6.26 Å². The Morgan fingerprint density at radius 3 is 2.20 bits per heavy atom. The van der Waals surface area contributed by atoms with Crippen LogP contribution in [-0.2, 0) is 19.4 Å². The first-order valence-corrected chi connectivity index (χ1v) is 9.07. The Labute approximate surface area is 121 Å². The summed E-state index contributed by atoms with van der Waals surface area (Å²) < 4.78 is 27.8. The highest BCUT2D eigenvalue weighted by Crippen LogP contribution is 2.35. The molecule has 0 heterocycles. The molecule has 1 aliphatic carbocycles. The Morgan fingerprint density at radius 2 is 1.80 bits per heavy atom. The summed E-state index contributed by atoms with van der Waals surface area (Å²) in [5.41, 5.74) is -1.61. The highest BCUT2D eigenvalue weighted by Gasteiger charge is 2.36. The molecule has 0 aromatic carbocycles. The second kappa shape index (κ2) is 6.02. The summed E-state index contributed by atoms with van der Waals surface area (Å²) >= 11 is 0. The maximum atomic E-state index is 11.7. The van der Waals surface area contributed by atoms with Crippen LogP contribution in [0.15, 0.2) is 0 Å². The first kappa shape index (κ1) is 17.4. The standard InChI is InChI=1S/C14H26O5S/c1-13(2,3)19-12(15)9-11-5-7-14(16,8-6-11)10-20(4,17)18/h11,16H,5-10H2,1-4H3. The highest BCUT2D eigenvalue weighted by molar-refractivity contribution is 7.90. The topological polar surface area (TPSA) is 80.7 Å². The van der Waals surface area contributed by atoms with E-state index in [2.05, 4.69) is 0 Å². The molecule has 0 bridgehead atoms. The van der Waals surface area contributed by atoms with E-state index in [1.165, 1.54) is 0 Å². The van der Waals surface area contributed by atoms with Gasteiger partial charge in [0.25, 0.3) is 0 Å². The van der Waals surface area contributed by atoms with E-state index >= 15 is 0 Å². The van der Waals surface area contributed by atoms with Crippen molar-refractivity contribution >= 4 is 15.8 Å². The quantitative estimate of drug-likeness (QED) is 0.799. The van der Waals surface area contributed by atoms with Crippen LogP contribution in [0.3, 0.4) is 0 Å². The van der Waals surface area contributed by atoms with E-state index in [4.69, 9.17) is 4.74 Å². The van der Waals surface area contributed by atoms with E-state index < -0.39 is 21.0 Å². The fourth-order valence-electron chi connectivity index (χ4n) is 2.67. The number of esters is 1. The molecule has 1 aliphatic rings. The van der Waals surface area contributed by atoms with Gasteiger partial charge >= 0.3 is 5.97 Å². The molecule has 0 spiro atoms.